The third-order valence-electron chi connectivity index (χ3n) is 2.69. The van der Waals surface area contributed by atoms with E-state index in [9.17, 15) is 0 Å². The van der Waals surface area contributed by atoms with E-state index >= 15 is 0 Å². The van der Waals surface area contributed by atoms with Crippen molar-refractivity contribution in [3.63, 3.8) is 0 Å². The highest BCUT2D eigenvalue weighted by atomic mass is 35.5. The van der Waals surface area contributed by atoms with Gasteiger partial charge in [0, 0.05) is 34.1 Å². The van der Waals surface area contributed by atoms with Gasteiger partial charge in [-0.1, -0.05) is 23.2 Å². The molecule has 108 valence electrons. The van der Waals surface area contributed by atoms with Gasteiger partial charge in [-0.15, -0.1) is 0 Å². The van der Waals surface area contributed by atoms with Gasteiger partial charge in [-0.05, 0) is 39.0 Å². The van der Waals surface area contributed by atoms with Gasteiger partial charge in [0.15, 0.2) is 11.7 Å². The van der Waals surface area contributed by atoms with E-state index in [1.165, 1.54) is 0 Å². The van der Waals surface area contributed by atoms with Crippen LogP contribution in [0, 0.1) is 0 Å². The molecule has 0 saturated carbocycles. The predicted octanol–water partition coefficient (Wildman–Crippen LogP) is 4.58. The second kappa shape index (κ2) is 6.17. The molecular formula is C15H18Cl2N2O. The van der Waals surface area contributed by atoms with Gasteiger partial charge in [0.25, 0.3) is 0 Å². The maximum absolute atomic E-state index is 5.98. The molecular weight excluding hydrogens is 295 g/mol. The van der Waals surface area contributed by atoms with Crippen LogP contribution < -0.4 is 5.32 Å². The van der Waals surface area contributed by atoms with Crippen LogP contribution in [0.5, 0.6) is 0 Å². The second-order valence-electron chi connectivity index (χ2n) is 5.70. The van der Waals surface area contributed by atoms with Crippen LogP contribution in [0.2, 0.25) is 10.0 Å². The molecule has 0 aliphatic rings. The standard InChI is InChI=1S/C15H18Cl2N2O/c1-15(2,3)19-5-4-14-18-9-13(20-14)10-6-11(16)8-12(17)7-10/h6-9,19H,4-5H2,1-3H3. The van der Waals surface area contributed by atoms with Crippen LogP contribution in [0.25, 0.3) is 11.3 Å². The van der Waals surface area contributed by atoms with Crippen LogP contribution in [0.15, 0.2) is 28.8 Å². The Kier molecular flexibility index (Phi) is 4.74. The zero-order valence-electron chi connectivity index (χ0n) is 11.8. The van der Waals surface area contributed by atoms with Crippen molar-refractivity contribution in [3.8, 4) is 11.3 Å². The van der Waals surface area contributed by atoms with Crippen molar-refractivity contribution >= 4 is 23.2 Å². The van der Waals surface area contributed by atoms with Gasteiger partial charge in [0.2, 0.25) is 0 Å². The molecule has 0 radical (unpaired) electrons. The third kappa shape index (κ3) is 4.51. The lowest BCUT2D eigenvalue weighted by atomic mass is 10.1. The van der Waals surface area contributed by atoms with E-state index in [1.807, 2.05) is 12.1 Å². The summed E-state index contributed by atoms with van der Waals surface area (Å²) < 4.78 is 5.73. The van der Waals surface area contributed by atoms with Gasteiger partial charge in [-0.3, -0.25) is 0 Å². The Balaban J connectivity index is 2.05. The zero-order chi connectivity index (χ0) is 14.8. The zero-order valence-corrected chi connectivity index (χ0v) is 13.3. The van der Waals surface area contributed by atoms with Gasteiger partial charge in [0.05, 0.1) is 6.20 Å². The molecule has 0 aliphatic heterocycles. The van der Waals surface area contributed by atoms with Crippen molar-refractivity contribution in [2.45, 2.75) is 32.7 Å². The van der Waals surface area contributed by atoms with Crippen molar-refractivity contribution < 1.29 is 4.42 Å². The predicted molar refractivity (Wildman–Crippen MR) is 83.4 cm³/mol. The van der Waals surface area contributed by atoms with Crippen molar-refractivity contribution in [2.24, 2.45) is 0 Å². The lowest BCUT2D eigenvalue weighted by molar-refractivity contribution is 0.412. The largest absolute Gasteiger partial charge is 0.441 e. The van der Waals surface area contributed by atoms with E-state index in [4.69, 9.17) is 27.6 Å². The smallest absolute Gasteiger partial charge is 0.196 e. The quantitative estimate of drug-likeness (QED) is 0.898. The number of halogens is 2. The van der Waals surface area contributed by atoms with Crippen LogP contribution in [-0.2, 0) is 6.42 Å². The first-order valence-electron chi connectivity index (χ1n) is 6.50. The van der Waals surface area contributed by atoms with Gasteiger partial charge in [-0.2, -0.15) is 0 Å². The number of nitrogens with one attached hydrogen (secondary N) is 1. The average Bonchev–Trinajstić information content (AvgIpc) is 2.74. The molecule has 5 heteroatoms. The van der Waals surface area contributed by atoms with E-state index < -0.39 is 0 Å². The van der Waals surface area contributed by atoms with Crippen molar-refractivity contribution in [2.75, 3.05) is 6.54 Å². The summed E-state index contributed by atoms with van der Waals surface area (Å²) in [5.41, 5.74) is 0.931. The first-order valence-corrected chi connectivity index (χ1v) is 7.25. The molecule has 0 atom stereocenters. The summed E-state index contributed by atoms with van der Waals surface area (Å²) in [6.45, 7) is 7.20. The number of benzene rings is 1. The van der Waals surface area contributed by atoms with E-state index in [1.54, 1.807) is 12.3 Å². The molecule has 2 rings (SSSR count). The Hall–Kier alpha value is -1.03. The fourth-order valence-corrected chi connectivity index (χ4v) is 2.33. The fraction of sp³-hybridized carbons (Fsp3) is 0.400. The first kappa shape index (κ1) is 15.4. The molecule has 1 N–H and O–H groups in total. The van der Waals surface area contributed by atoms with Crippen LogP contribution in [0.3, 0.4) is 0 Å². The molecule has 1 aromatic heterocycles. The number of nitrogens with zero attached hydrogens (tertiary/aromatic N) is 1. The Labute approximate surface area is 129 Å². The number of rotatable bonds is 4. The van der Waals surface area contributed by atoms with E-state index in [0.29, 0.717) is 21.7 Å². The Morgan fingerprint density at radius 2 is 1.80 bits per heavy atom. The molecule has 0 spiro atoms. The molecule has 0 fully saturated rings. The number of hydrogen-bond acceptors (Lipinski definition) is 3. The SMILES string of the molecule is CC(C)(C)NCCc1ncc(-c2cc(Cl)cc(Cl)c2)o1. The van der Waals surface area contributed by atoms with Gasteiger partial charge < -0.3 is 9.73 Å². The van der Waals surface area contributed by atoms with Crippen LogP contribution in [-0.4, -0.2) is 17.1 Å². The summed E-state index contributed by atoms with van der Waals surface area (Å²) in [6, 6.07) is 5.31. The molecule has 0 saturated heterocycles. The molecule has 3 nitrogen and oxygen atoms in total. The monoisotopic (exact) mass is 312 g/mol. The van der Waals surface area contributed by atoms with Gasteiger partial charge in [-0.25, -0.2) is 4.98 Å². The summed E-state index contributed by atoms with van der Waals surface area (Å²) >= 11 is 12.0. The number of aromatic nitrogens is 1. The molecule has 20 heavy (non-hydrogen) atoms. The molecule has 0 amide bonds. The molecule has 0 unspecified atom stereocenters. The second-order valence-corrected chi connectivity index (χ2v) is 6.58. The summed E-state index contributed by atoms with van der Waals surface area (Å²) in [7, 11) is 0. The van der Waals surface area contributed by atoms with Gasteiger partial charge in [0.1, 0.15) is 0 Å². The highest BCUT2D eigenvalue weighted by Gasteiger charge is 2.11. The number of hydrogen-bond donors (Lipinski definition) is 1. The average molecular weight is 313 g/mol. The molecule has 2 aromatic rings. The minimum Gasteiger partial charge on any atom is -0.441 e. The number of oxazole rings is 1. The van der Waals surface area contributed by atoms with Crippen LogP contribution in [0.4, 0.5) is 0 Å². The van der Waals surface area contributed by atoms with Crippen molar-refractivity contribution in [1.29, 1.82) is 0 Å². The maximum Gasteiger partial charge on any atom is 0.196 e. The normalized spacial score (nSPS) is 11.8. The lowest BCUT2D eigenvalue weighted by Gasteiger charge is -2.19. The fourth-order valence-electron chi connectivity index (χ4n) is 1.80. The molecule has 1 heterocycles. The van der Waals surface area contributed by atoms with Crippen LogP contribution >= 0.6 is 23.2 Å². The van der Waals surface area contributed by atoms with E-state index in [-0.39, 0.29) is 5.54 Å². The topological polar surface area (TPSA) is 38.1 Å². The Bertz CT molecular complexity index is 568. The van der Waals surface area contributed by atoms with Crippen molar-refractivity contribution in [3.05, 3.63) is 40.3 Å². The summed E-state index contributed by atoms with van der Waals surface area (Å²) in [4.78, 5) is 4.28. The summed E-state index contributed by atoms with van der Waals surface area (Å²) in [5, 5.41) is 4.56. The highest BCUT2D eigenvalue weighted by molar-refractivity contribution is 6.35. The Morgan fingerprint density at radius 3 is 2.40 bits per heavy atom. The summed E-state index contributed by atoms with van der Waals surface area (Å²) in [5.74, 6) is 1.38. The lowest BCUT2D eigenvalue weighted by Crippen LogP contribution is -2.37. The first-order chi connectivity index (χ1) is 9.33. The molecule has 1 aromatic carbocycles. The minimum absolute atomic E-state index is 0.0932. The maximum atomic E-state index is 5.98. The van der Waals surface area contributed by atoms with E-state index in [0.717, 1.165) is 18.5 Å². The van der Waals surface area contributed by atoms with Gasteiger partial charge >= 0.3 is 0 Å². The Morgan fingerprint density at radius 1 is 1.15 bits per heavy atom. The minimum atomic E-state index is 0.0932. The highest BCUT2D eigenvalue weighted by Crippen LogP contribution is 2.27. The van der Waals surface area contributed by atoms with Crippen molar-refractivity contribution in [1.82, 2.24) is 10.3 Å². The molecule has 0 aliphatic carbocycles. The summed E-state index contributed by atoms with van der Waals surface area (Å²) in [6.07, 6.45) is 2.44. The molecule has 0 bridgehead atoms. The van der Waals surface area contributed by atoms with Crippen LogP contribution in [0.1, 0.15) is 26.7 Å². The van der Waals surface area contributed by atoms with E-state index in [2.05, 4.69) is 31.1 Å². The third-order valence-corrected chi connectivity index (χ3v) is 3.13.